The quantitative estimate of drug-likeness (QED) is 0.760. The second-order valence-electron chi connectivity index (χ2n) is 5.77. The number of aromatic nitrogens is 2. The monoisotopic (exact) mass is 307 g/mol. The maximum absolute atomic E-state index is 11.8. The summed E-state index contributed by atoms with van der Waals surface area (Å²) in [7, 11) is 0. The molecule has 2 saturated heterocycles. The number of hydrogen-bond donors (Lipinski definition) is 1. The normalized spacial score (nSPS) is 20.7. The van der Waals surface area contributed by atoms with Crippen molar-refractivity contribution in [3.8, 4) is 0 Å². The van der Waals surface area contributed by atoms with Gasteiger partial charge in [0.2, 0.25) is 5.91 Å². The molecule has 8 nitrogen and oxygen atoms in total. The lowest BCUT2D eigenvalue weighted by Gasteiger charge is -2.40. The molecule has 2 amide bonds. The number of nitrogens with two attached hydrogens (primary N) is 1. The predicted octanol–water partition coefficient (Wildman–Crippen LogP) is -0.912. The fourth-order valence-corrected chi connectivity index (χ4v) is 2.79. The van der Waals surface area contributed by atoms with Crippen LogP contribution in [0.5, 0.6) is 0 Å². The molecule has 2 fully saturated rings. The molecule has 0 aliphatic carbocycles. The Labute approximate surface area is 128 Å². The number of rotatable bonds is 5. The van der Waals surface area contributed by atoms with E-state index in [1.54, 1.807) is 10.9 Å². The second kappa shape index (κ2) is 6.45. The Morgan fingerprint density at radius 2 is 2.23 bits per heavy atom. The van der Waals surface area contributed by atoms with Gasteiger partial charge in [-0.15, -0.1) is 0 Å². The number of nitrogens with zero attached hydrogens (tertiary/aromatic N) is 4. The van der Waals surface area contributed by atoms with Gasteiger partial charge in [-0.3, -0.25) is 19.2 Å². The minimum atomic E-state index is -0.454. The zero-order valence-electron chi connectivity index (χ0n) is 12.5. The van der Waals surface area contributed by atoms with Crippen LogP contribution < -0.4 is 5.73 Å². The molecule has 0 unspecified atom stereocenters. The molecule has 0 saturated carbocycles. The van der Waals surface area contributed by atoms with E-state index in [1.165, 1.54) is 6.20 Å². The lowest BCUT2D eigenvalue weighted by molar-refractivity contribution is -0.134. The number of likely N-dealkylation sites (tertiary alicyclic amines) is 1. The Morgan fingerprint density at radius 1 is 1.41 bits per heavy atom. The third kappa shape index (κ3) is 3.28. The number of carbonyl (C=O) groups excluding carboxylic acids is 2. The van der Waals surface area contributed by atoms with Gasteiger partial charge in [0.05, 0.1) is 17.8 Å². The van der Waals surface area contributed by atoms with Crippen LogP contribution in [0.25, 0.3) is 0 Å². The maximum Gasteiger partial charge on any atom is 0.251 e. The van der Waals surface area contributed by atoms with Gasteiger partial charge in [-0.1, -0.05) is 0 Å². The van der Waals surface area contributed by atoms with E-state index in [0.717, 1.165) is 39.1 Å². The van der Waals surface area contributed by atoms with Crippen molar-refractivity contribution in [2.45, 2.75) is 12.5 Å². The molecule has 2 N–H and O–H groups in total. The summed E-state index contributed by atoms with van der Waals surface area (Å²) >= 11 is 0. The van der Waals surface area contributed by atoms with Gasteiger partial charge in [-0.25, -0.2) is 0 Å². The smallest absolute Gasteiger partial charge is 0.251 e. The Hall–Kier alpha value is -1.93. The van der Waals surface area contributed by atoms with E-state index < -0.39 is 5.91 Å². The molecule has 3 rings (SSSR count). The van der Waals surface area contributed by atoms with Crippen LogP contribution in [-0.2, 0) is 9.53 Å². The Bertz CT molecular complexity index is 552. The van der Waals surface area contributed by atoms with Crippen LogP contribution in [0, 0.1) is 0 Å². The summed E-state index contributed by atoms with van der Waals surface area (Å²) in [6.07, 6.45) is 4.10. The molecule has 8 heteroatoms. The van der Waals surface area contributed by atoms with Gasteiger partial charge in [-0.2, -0.15) is 5.10 Å². The SMILES string of the molecule is NC(=O)c1cnn(C2CN(CCN3CCCOCC3=O)C2)c1. The molecule has 0 aromatic carbocycles. The largest absolute Gasteiger partial charge is 0.372 e. The summed E-state index contributed by atoms with van der Waals surface area (Å²) in [5.41, 5.74) is 5.66. The minimum absolute atomic E-state index is 0.0766. The van der Waals surface area contributed by atoms with E-state index in [1.807, 2.05) is 4.90 Å². The Morgan fingerprint density at radius 3 is 2.95 bits per heavy atom. The van der Waals surface area contributed by atoms with E-state index in [4.69, 9.17) is 10.5 Å². The Balaban J connectivity index is 1.43. The first-order chi connectivity index (χ1) is 10.6. The van der Waals surface area contributed by atoms with Gasteiger partial charge in [0, 0.05) is 45.5 Å². The number of primary amides is 1. The van der Waals surface area contributed by atoms with Crippen LogP contribution >= 0.6 is 0 Å². The molecule has 22 heavy (non-hydrogen) atoms. The molecule has 0 radical (unpaired) electrons. The molecule has 1 aromatic heterocycles. The zero-order valence-corrected chi connectivity index (χ0v) is 12.5. The molecule has 1 aromatic rings. The van der Waals surface area contributed by atoms with Crippen molar-refractivity contribution in [1.29, 1.82) is 0 Å². The third-order valence-electron chi connectivity index (χ3n) is 4.18. The van der Waals surface area contributed by atoms with Gasteiger partial charge in [-0.05, 0) is 6.42 Å². The number of ether oxygens (including phenoxy) is 1. The zero-order chi connectivity index (χ0) is 15.5. The summed E-state index contributed by atoms with van der Waals surface area (Å²) in [6.45, 7) is 4.97. The number of amides is 2. The molecule has 120 valence electrons. The van der Waals surface area contributed by atoms with Crippen molar-refractivity contribution in [2.75, 3.05) is 45.9 Å². The number of hydrogen-bond acceptors (Lipinski definition) is 5. The van der Waals surface area contributed by atoms with E-state index in [9.17, 15) is 9.59 Å². The van der Waals surface area contributed by atoms with Crippen molar-refractivity contribution in [3.05, 3.63) is 18.0 Å². The van der Waals surface area contributed by atoms with E-state index >= 15 is 0 Å². The summed E-state index contributed by atoms with van der Waals surface area (Å²) in [4.78, 5) is 27.0. The van der Waals surface area contributed by atoms with Gasteiger partial charge < -0.3 is 15.4 Å². The van der Waals surface area contributed by atoms with E-state index in [-0.39, 0.29) is 18.6 Å². The molecule has 0 atom stereocenters. The summed E-state index contributed by atoms with van der Waals surface area (Å²) in [5, 5.41) is 4.18. The van der Waals surface area contributed by atoms with E-state index in [2.05, 4.69) is 10.00 Å². The highest BCUT2D eigenvalue weighted by molar-refractivity contribution is 5.92. The van der Waals surface area contributed by atoms with Crippen LogP contribution in [-0.4, -0.2) is 77.3 Å². The molecule has 0 bridgehead atoms. The van der Waals surface area contributed by atoms with Gasteiger partial charge in [0.1, 0.15) is 6.61 Å². The minimum Gasteiger partial charge on any atom is -0.372 e. The summed E-state index contributed by atoms with van der Waals surface area (Å²) < 4.78 is 7.02. The van der Waals surface area contributed by atoms with Gasteiger partial charge in [0.15, 0.2) is 0 Å². The predicted molar refractivity (Wildman–Crippen MR) is 78.2 cm³/mol. The highest BCUT2D eigenvalue weighted by Crippen LogP contribution is 2.20. The average molecular weight is 307 g/mol. The highest BCUT2D eigenvalue weighted by Gasteiger charge is 2.29. The molecular weight excluding hydrogens is 286 g/mol. The molecule has 3 heterocycles. The third-order valence-corrected chi connectivity index (χ3v) is 4.18. The Kier molecular flexibility index (Phi) is 4.39. The van der Waals surface area contributed by atoms with Crippen molar-refractivity contribution in [3.63, 3.8) is 0 Å². The van der Waals surface area contributed by atoms with Crippen LogP contribution in [0.15, 0.2) is 12.4 Å². The topological polar surface area (TPSA) is 93.7 Å². The van der Waals surface area contributed by atoms with Crippen LogP contribution in [0.4, 0.5) is 0 Å². The fraction of sp³-hybridized carbons (Fsp3) is 0.643. The summed E-state index contributed by atoms with van der Waals surface area (Å²) in [5.74, 6) is -0.378. The van der Waals surface area contributed by atoms with Crippen molar-refractivity contribution >= 4 is 11.8 Å². The molecule has 2 aliphatic rings. The first-order valence-electron chi connectivity index (χ1n) is 7.55. The molecule has 2 aliphatic heterocycles. The van der Waals surface area contributed by atoms with Gasteiger partial charge >= 0.3 is 0 Å². The first-order valence-corrected chi connectivity index (χ1v) is 7.55. The van der Waals surface area contributed by atoms with Gasteiger partial charge in [0.25, 0.3) is 5.91 Å². The standard InChI is InChI=1S/C14H21N5O3/c15-14(21)11-6-16-19(7-11)12-8-17(9-12)3-4-18-2-1-5-22-10-13(18)20/h6-7,12H,1-5,8-10H2,(H2,15,21). The van der Waals surface area contributed by atoms with Crippen LogP contribution in [0.1, 0.15) is 22.8 Å². The number of carbonyl (C=O) groups is 2. The maximum atomic E-state index is 11.8. The fourth-order valence-electron chi connectivity index (χ4n) is 2.79. The van der Waals surface area contributed by atoms with Crippen molar-refractivity contribution < 1.29 is 14.3 Å². The van der Waals surface area contributed by atoms with E-state index in [0.29, 0.717) is 12.2 Å². The molecular formula is C14H21N5O3. The molecule has 0 spiro atoms. The lowest BCUT2D eigenvalue weighted by Crippen LogP contribution is -2.51. The highest BCUT2D eigenvalue weighted by atomic mass is 16.5. The first kappa shape index (κ1) is 15.0. The van der Waals surface area contributed by atoms with Crippen LogP contribution in [0.2, 0.25) is 0 Å². The van der Waals surface area contributed by atoms with Crippen LogP contribution in [0.3, 0.4) is 0 Å². The van der Waals surface area contributed by atoms with Crippen molar-refractivity contribution in [2.24, 2.45) is 5.73 Å². The average Bonchev–Trinajstić information content (AvgIpc) is 2.83. The lowest BCUT2D eigenvalue weighted by atomic mass is 10.1. The summed E-state index contributed by atoms with van der Waals surface area (Å²) in [6, 6.07) is 0.274. The second-order valence-corrected chi connectivity index (χ2v) is 5.77. The van der Waals surface area contributed by atoms with Crippen molar-refractivity contribution in [1.82, 2.24) is 19.6 Å².